The van der Waals surface area contributed by atoms with E-state index >= 15 is 0 Å². The Morgan fingerprint density at radius 1 is 1.14 bits per heavy atom. The number of carbonyl (C=O) groups is 2. The highest BCUT2D eigenvalue weighted by atomic mass is 32.2. The van der Waals surface area contributed by atoms with Crippen molar-refractivity contribution in [3.8, 4) is 11.4 Å². The van der Waals surface area contributed by atoms with Crippen molar-refractivity contribution in [2.24, 2.45) is 0 Å². The zero-order chi connectivity index (χ0) is 19.9. The molecule has 9 heteroatoms. The number of Topliss-reactive ketones (excluding diaryl/α,β-unsaturated/α-hetero) is 1. The Balaban J connectivity index is 1.65. The van der Waals surface area contributed by atoms with E-state index in [1.807, 2.05) is 31.2 Å². The zero-order valence-corrected chi connectivity index (χ0v) is 16.3. The number of thioether (sulfide) groups is 1. The summed E-state index contributed by atoms with van der Waals surface area (Å²) in [5.41, 5.74) is 1.92. The highest BCUT2D eigenvalue weighted by Crippen LogP contribution is 2.26. The number of nitrogens with zero attached hydrogens (tertiary/aromatic N) is 4. The van der Waals surface area contributed by atoms with Crippen LogP contribution >= 0.6 is 11.8 Å². The minimum atomic E-state index is -0.201. The normalized spacial score (nSPS) is 10.5. The fourth-order valence-corrected chi connectivity index (χ4v) is 3.13. The minimum absolute atomic E-state index is 0.0207. The van der Waals surface area contributed by atoms with Gasteiger partial charge in [0, 0.05) is 11.3 Å². The van der Waals surface area contributed by atoms with Gasteiger partial charge in [0.2, 0.25) is 11.1 Å². The first-order chi connectivity index (χ1) is 13.6. The molecule has 2 aromatic carbocycles. The van der Waals surface area contributed by atoms with Crippen molar-refractivity contribution in [3.05, 3.63) is 54.1 Å². The van der Waals surface area contributed by atoms with E-state index in [9.17, 15) is 9.59 Å². The molecule has 0 unspecified atom stereocenters. The highest BCUT2D eigenvalue weighted by molar-refractivity contribution is 7.99. The van der Waals surface area contributed by atoms with Gasteiger partial charge in [0.1, 0.15) is 11.4 Å². The molecule has 0 aliphatic carbocycles. The second-order valence-electron chi connectivity index (χ2n) is 5.74. The van der Waals surface area contributed by atoms with Crippen LogP contribution in [0.4, 0.5) is 5.69 Å². The van der Waals surface area contributed by atoms with Crippen LogP contribution in [0, 0.1) is 0 Å². The SMILES string of the molecule is CCOc1ccccc1-n1nnnc1SCC(=O)Nc1ccc(C(C)=O)cc1. The molecule has 1 N–H and O–H groups in total. The van der Waals surface area contributed by atoms with Gasteiger partial charge in [0.15, 0.2) is 5.78 Å². The summed E-state index contributed by atoms with van der Waals surface area (Å²) in [6.45, 7) is 3.92. The lowest BCUT2D eigenvalue weighted by atomic mass is 10.1. The van der Waals surface area contributed by atoms with E-state index in [1.54, 1.807) is 28.9 Å². The molecule has 0 bridgehead atoms. The number of aromatic nitrogens is 4. The van der Waals surface area contributed by atoms with E-state index < -0.39 is 0 Å². The Kier molecular flexibility index (Phi) is 6.38. The number of hydrogen-bond donors (Lipinski definition) is 1. The molecule has 1 amide bonds. The van der Waals surface area contributed by atoms with Crippen molar-refractivity contribution in [2.45, 2.75) is 19.0 Å². The topological polar surface area (TPSA) is 99.0 Å². The first-order valence-electron chi connectivity index (χ1n) is 8.62. The van der Waals surface area contributed by atoms with Gasteiger partial charge in [0.05, 0.1) is 12.4 Å². The molecule has 8 nitrogen and oxygen atoms in total. The van der Waals surface area contributed by atoms with Crippen molar-refractivity contribution < 1.29 is 14.3 Å². The van der Waals surface area contributed by atoms with Gasteiger partial charge in [-0.3, -0.25) is 9.59 Å². The second-order valence-corrected chi connectivity index (χ2v) is 6.69. The Morgan fingerprint density at radius 3 is 2.61 bits per heavy atom. The van der Waals surface area contributed by atoms with E-state index in [-0.39, 0.29) is 17.4 Å². The summed E-state index contributed by atoms with van der Waals surface area (Å²) >= 11 is 1.22. The summed E-state index contributed by atoms with van der Waals surface area (Å²) in [6.07, 6.45) is 0. The third kappa shape index (κ3) is 4.74. The van der Waals surface area contributed by atoms with Crippen LogP contribution in [0.3, 0.4) is 0 Å². The van der Waals surface area contributed by atoms with Crippen molar-refractivity contribution in [1.29, 1.82) is 0 Å². The van der Waals surface area contributed by atoms with Gasteiger partial charge in [0.25, 0.3) is 0 Å². The molecule has 1 aromatic heterocycles. The number of ketones is 1. The van der Waals surface area contributed by atoms with E-state index in [0.29, 0.717) is 34.5 Å². The molecule has 1 heterocycles. The second kappa shape index (κ2) is 9.14. The Labute approximate surface area is 166 Å². The third-order valence-electron chi connectivity index (χ3n) is 3.74. The summed E-state index contributed by atoms with van der Waals surface area (Å²) < 4.78 is 7.16. The maximum absolute atomic E-state index is 12.2. The molecule has 0 saturated heterocycles. The molecular formula is C19H19N5O3S. The smallest absolute Gasteiger partial charge is 0.234 e. The summed E-state index contributed by atoms with van der Waals surface area (Å²) in [5.74, 6) is 0.570. The monoisotopic (exact) mass is 397 g/mol. The fourth-order valence-electron chi connectivity index (χ4n) is 2.45. The molecule has 0 spiro atoms. The van der Waals surface area contributed by atoms with Gasteiger partial charge in [-0.1, -0.05) is 23.9 Å². The molecule has 0 aliphatic rings. The predicted molar refractivity (Wildman–Crippen MR) is 106 cm³/mol. The van der Waals surface area contributed by atoms with Crippen molar-refractivity contribution in [2.75, 3.05) is 17.7 Å². The van der Waals surface area contributed by atoms with E-state index in [1.165, 1.54) is 18.7 Å². The van der Waals surface area contributed by atoms with Gasteiger partial charge in [-0.05, 0) is 60.7 Å². The van der Waals surface area contributed by atoms with Crippen LogP contribution in [0.2, 0.25) is 0 Å². The third-order valence-corrected chi connectivity index (χ3v) is 4.66. The molecular weight excluding hydrogens is 378 g/mol. The van der Waals surface area contributed by atoms with Gasteiger partial charge in [-0.15, -0.1) is 5.10 Å². The quantitative estimate of drug-likeness (QED) is 0.461. The standard InChI is InChI=1S/C19H19N5O3S/c1-3-27-17-7-5-4-6-16(17)24-19(21-22-23-24)28-12-18(26)20-15-10-8-14(9-11-15)13(2)25/h4-11H,3,12H2,1-2H3,(H,20,26). The average molecular weight is 397 g/mol. The number of hydrogen-bond acceptors (Lipinski definition) is 7. The molecule has 0 fully saturated rings. The number of carbonyl (C=O) groups excluding carboxylic acids is 2. The van der Waals surface area contributed by atoms with E-state index in [4.69, 9.17) is 4.74 Å². The Hall–Kier alpha value is -3.20. The van der Waals surface area contributed by atoms with E-state index in [0.717, 1.165) is 0 Å². The summed E-state index contributed by atoms with van der Waals surface area (Å²) in [7, 11) is 0. The van der Waals surface area contributed by atoms with Crippen LogP contribution in [-0.2, 0) is 4.79 Å². The lowest BCUT2D eigenvalue weighted by molar-refractivity contribution is -0.113. The van der Waals surface area contributed by atoms with Gasteiger partial charge >= 0.3 is 0 Å². The fraction of sp³-hybridized carbons (Fsp3) is 0.211. The first kappa shape index (κ1) is 19.6. The number of para-hydroxylation sites is 2. The number of amides is 1. The number of nitrogens with one attached hydrogen (secondary N) is 1. The van der Waals surface area contributed by atoms with Crippen LogP contribution in [0.25, 0.3) is 5.69 Å². The number of benzene rings is 2. The van der Waals surface area contributed by atoms with E-state index in [2.05, 4.69) is 20.8 Å². The highest BCUT2D eigenvalue weighted by Gasteiger charge is 2.15. The molecule has 0 saturated carbocycles. The van der Waals surface area contributed by atoms with Crippen molar-refractivity contribution in [1.82, 2.24) is 20.2 Å². The van der Waals surface area contributed by atoms with Gasteiger partial charge in [-0.25, -0.2) is 0 Å². The lowest BCUT2D eigenvalue weighted by Crippen LogP contribution is -2.14. The molecule has 0 aliphatic heterocycles. The predicted octanol–water partition coefficient (Wildman–Crippen LogP) is 2.99. The Morgan fingerprint density at radius 2 is 1.89 bits per heavy atom. The zero-order valence-electron chi connectivity index (χ0n) is 15.5. The maximum Gasteiger partial charge on any atom is 0.234 e. The molecule has 144 valence electrons. The summed E-state index contributed by atoms with van der Waals surface area (Å²) in [4.78, 5) is 23.5. The van der Waals surface area contributed by atoms with Crippen molar-refractivity contribution in [3.63, 3.8) is 0 Å². The van der Waals surface area contributed by atoms with Crippen LogP contribution in [0.5, 0.6) is 5.75 Å². The lowest BCUT2D eigenvalue weighted by Gasteiger charge is -2.10. The molecule has 0 radical (unpaired) electrons. The number of ether oxygens (including phenoxy) is 1. The molecule has 28 heavy (non-hydrogen) atoms. The largest absolute Gasteiger partial charge is 0.492 e. The maximum atomic E-state index is 12.2. The molecule has 3 aromatic rings. The minimum Gasteiger partial charge on any atom is -0.492 e. The van der Waals surface area contributed by atoms with Gasteiger partial charge < -0.3 is 10.1 Å². The van der Waals surface area contributed by atoms with Crippen LogP contribution in [0.15, 0.2) is 53.7 Å². The molecule has 0 atom stereocenters. The average Bonchev–Trinajstić information content (AvgIpc) is 3.16. The number of rotatable bonds is 8. The number of anilines is 1. The van der Waals surface area contributed by atoms with Gasteiger partial charge in [-0.2, -0.15) is 4.68 Å². The summed E-state index contributed by atoms with van der Waals surface area (Å²) in [6, 6.07) is 14.2. The summed E-state index contributed by atoms with van der Waals surface area (Å²) in [5, 5.41) is 15.0. The van der Waals surface area contributed by atoms with Crippen LogP contribution < -0.4 is 10.1 Å². The number of tetrazole rings is 1. The van der Waals surface area contributed by atoms with Crippen LogP contribution in [0.1, 0.15) is 24.2 Å². The van der Waals surface area contributed by atoms with Crippen LogP contribution in [-0.4, -0.2) is 44.3 Å². The molecule has 3 rings (SSSR count). The Bertz CT molecular complexity index is 972. The van der Waals surface area contributed by atoms with Crippen molar-refractivity contribution >= 4 is 29.1 Å². The first-order valence-corrected chi connectivity index (χ1v) is 9.61.